The van der Waals surface area contributed by atoms with Gasteiger partial charge in [-0.15, -0.1) is 0 Å². The van der Waals surface area contributed by atoms with Crippen LogP contribution in [0, 0.1) is 0 Å². The number of amides is 1. The number of hydrogen-bond donors (Lipinski definition) is 1. The molecule has 0 bridgehead atoms. The van der Waals surface area contributed by atoms with Crippen LogP contribution >= 0.6 is 0 Å². The third kappa shape index (κ3) is 2.28. The molecular weight excluding hydrogens is 332 g/mol. The highest BCUT2D eigenvalue weighted by atomic mass is 16.5. The minimum atomic E-state index is -0.626. The van der Waals surface area contributed by atoms with E-state index < -0.39 is 5.60 Å². The number of carbonyl (C=O) groups excluding carboxylic acids is 2. The second-order valence-corrected chi connectivity index (χ2v) is 6.88. The number of nitrogens with one attached hydrogen (secondary N) is 1. The second kappa shape index (κ2) is 5.39. The van der Waals surface area contributed by atoms with Crippen LogP contribution in [0.5, 0.6) is 5.75 Å². The van der Waals surface area contributed by atoms with Crippen molar-refractivity contribution in [3.05, 3.63) is 53.6 Å². The summed E-state index contributed by atoms with van der Waals surface area (Å²) >= 11 is 0. The lowest BCUT2D eigenvalue weighted by Gasteiger charge is -2.34. The molecule has 0 aliphatic carbocycles. The molecule has 1 aromatic heterocycles. The van der Waals surface area contributed by atoms with Gasteiger partial charge < -0.3 is 9.64 Å². The number of aromatic nitrogens is 3. The first kappa shape index (κ1) is 15.1. The van der Waals surface area contributed by atoms with Gasteiger partial charge in [0.2, 0.25) is 0 Å². The molecule has 1 N–H and O–H groups in total. The average molecular weight is 348 g/mol. The topological polar surface area (TPSA) is 88.2 Å². The van der Waals surface area contributed by atoms with E-state index in [1.165, 1.54) is 0 Å². The number of aromatic amines is 1. The molecule has 1 saturated heterocycles. The Morgan fingerprint density at radius 2 is 2.00 bits per heavy atom. The first-order valence-electron chi connectivity index (χ1n) is 8.55. The number of H-pyrrole nitrogens is 1. The van der Waals surface area contributed by atoms with Crippen LogP contribution in [0.4, 0.5) is 0 Å². The van der Waals surface area contributed by atoms with E-state index in [1.54, 1.807) is 29.2 Å². The number of ether oxygens (including phenoxy) is 1. The molecule has 1 atom stereocenters. The third-order valence-electron chi connectivity index (χ3n) is 5.16. The van der Waals surface area contributed by atoms with Crippen LogP contribution in [-0.2, 0) is 0 Å². The van der Waals surface area contributed by atoms with Crippen LogP contribution < -0.4 is 4.74 Å². The highest BCUT2D eigenvalue weighted by Crippen LogP contribution is 2.38. The number of benzene rings is 2. The zero-order valence-electron chi connectivity index (χ0n) is 13.9. The molecule has 1 unspecified atom stereocenters. The lowest BCUT2D eigenvalue weighted by molar-refractivity contribution is 0.0428. The second-order valence-electron chi connectivity index (χ2n) is 6.88. The van der Waals surface area contributed by atoms with E-state index in [0.717, 1.165) is 5.52 Å². The summed E-state index contributed by atoms with van der Waals surface area (Å²) in [6, 6.07) is 12.6. The molecule has 0 radical (unpaired) electrons. The maximum Gasteiger partial charge on any atom is 0.254 e. The van der Waals surface area contributed by atoms with Crippen molar-refractivity contribution in [1.82, 2.24) is 20.3 Å². The van der Waals surface area contributed by atoms with Crippen molar-refractivity contribution >= 4 is 22.7 Å². The van der Waals surface area contributed by atoms with Crippen LogP contribution in [0.2, 0.25) is 0 Å². The van der Waals surface area contributed by atoms with Crippen molar-refractivity contribution in [3.8, 4) is 5.75 Å². The van der Waals surface area contributed by atoms with Crippen LogP contribution in [0.15, 0.2) is 42.5 Å². The maximum absolute atomic E-state index is 12.9. The van der Waals surface area contributed by atoms with E-state index >= 15 is 0 Å². The molecule has 2 aromatic carbocycles. The van der Waals surface area contributed by atoms with Crippen LogP contribution in [0.1, 0.15) is 33.6 Å². The van der Waals surface area contributed by atoms with Gasteiger partial charge in [-0.1, -0.05) is 12.1 Å². The number of para-hydroxylation sites is 1. The predicted octanol–water partition coefficient (Wildman–Crippen LogP) is 2.21. The predicted molar refractivity (Wildman–Crippen MR) is 93.2 cm³/mol. The number of rotatable bonds is 1. The van der Waals surface area contributed by atoms with Gasteiger partial charge in [-0.05, 0) is 30.3 Å². The van der Waals surface area contributed by atoms with E-state index in [2.05, 4.69) is 15.4 Å². The van der Waals surface area contributed by atoms with Gasteiger partial charge in [-0.3, -0.25) is 9.59 Å². The highest BCUT2D eigenvalue weighted by Gasteiger charge is 2.47. The van der Waals surface area contributed by atoms with Crippen molar-refractivity contribution in [2.75, 3.05) is 13.1 Å². The number of ketones is 1. The monoisotopic (exact) mass is 348 g/mol. The molecule has 2 aliphatic heterocycles. The Kier molecular flexibility index (Phi) is 3.12. The Morgan fingerprint density at radius 3 is 2.92 bits per heavy atom. The molecule has 3 heterocycles. The molecule has 1 amide bonds. The first-order chi connectivity index (χ1) is 12.6. The zero-order chi connectivity index (χ0) is 17.7. The van der Waals surface area contributed by atoms with Gasteiger partial charge >= 0.3 is 0 Å². The van der Waals surface area contributed by atoms with Gasteiger partial charge in [0.1, 0.15) is 22.4 Å². The normalized spacial score (nSPS) is 21.8. The van der Waals surface area contributed by atoms with Gasteiger partial charge in [-0.2, -0.15) is 15.4 Å². The number of likely N-dealkylation sites (tertiary alicyclic amines) is 1. The summed E-state index contributed by atoms with van der Waals surface area (Å²) in [6.45, 7) is 0.966. The Hall–Kier alpha value is -3.22. The lowest BCUT2D eigenvalue weighted by atomic mass is 9.89. The van der Waals surface area contributed by atoms with Gasteiger partial charge in [0.15, 0.2) is 5.78 Å². The minimum absolute atomic E-state index is 0.0742. The Labute approximate surface area is 148 Å². The summed E-state index contributed by atoms with van der Waals surface area (Å²) in [5.74, 6) is 0.605. The van der Waals surface area contributed by atoms with E-state index in [-0.39, 0.29) is 11.7 Å². The zero-order valence-corrected chi connectivity index (χ0v) is 13.9. The summed E-state index contributed by atoms with van der Waals surface area (Å²) in [5.41, 5.74) is 1.93. The number of hydrogen-bond acceptors (Lipinski definition) is 5. The molecule has 1 fully saturated rings. The van der Waals surface area contributed by atoms with Crippen molar-refractivity contribution < 1.29 is 14.3 Å². The standard InChI is InChI=1S/C19H16N4O3/c24-16-10-19(26-17-4-2-1-3-13(16)17)7-8-23(11-19)18(25)12-5-6-14-15(9-12)21-22-20-14/h1-6,9H,7-8,10-11H2,(H,20,21,22). The fraction of sp³-hybridized carbons (Fsp3) is 0.263. The lowest BCUT2D eigenvalue weighted by Crippen LogP contribution is -2.45. The van der Waals surface area contributed by atoms with Crippen LogP contribution in [0.25, 0.3) is 11.0 Å². The largest absolute Gasteiger partial charge is 0.484 e. The molecule has 1 spiro atoms. The highest BCUT2D eigenvalue weighted by molar-refractivity contribution is 6.01. The van der Waals surface area contributed by atoms with Gasteiger partial charge in [0.05, 0.1) is 18.5 Å². The summed E-state index contributed by atoms with van der Waals surface area (Å²) in [5, 5.41) is 10.6. The molecule has 7 nitrogen and oxygen atoms in total. The summed E-state index contributed by atoms with van der Waals surface area (Å²) in [6.07, 6.45) is 0.946. The summed E-state index contributed by atoms with van der Waals surface area (Å²) < 4.78 is 6.18. The third-order valence-corrected chi connectivity index (χ3v) is 5.16. The van der Waals surface area contributed by atoms with Crippen LogP contribution in [-0.4, -0.2) is 50.7 Å². The fourth-order valence-electron chi connectivity index (χ4n) is 3.84. The fourth-order valence-corrected chi connectivity index (χ4v) is 3.84. The van der Waals surface area contributed by atoms with Crippen molar-refractivity contribution in [2.45, 2.75) is 18.4 Å². The average Bonchev–Trinajstić information content (AvgIpc) is 3.27. The van der Waals surface area contributed by atoms with E-state index in [4.69, 9.17) is 4.74 Å². The summed E-state index contributed by atoms with van der Waals surface area (Å²) in [4.78, 5) is 27.2. The van der Waals surface area contributed by atoms with Crippen molar-refractivity contribution in [1.29, 1.82) is 0 Å². The molecule has 26 heavy (non-hydrogen) atoms. The number of Topliss-reactive ketones (excluding diaryl/α,β-unsaturated/α-hetero) is 1. The summed E-state index contributed by atoms with van der Waals surface area (Å²) in [7, 11) is 0. The molecule has 0 saturated carbocycles. The molecule has 130 valence electrons. The maximum atomic E-state index is 12.9. The number of fused-ring (bicyclic) bond motifs is 2. The van der Waals surface area contributed by atoms with E-state index in [1.807, 2.05) is 18.2 Å². The Balaban J connectivity index is 1.40. The molecular formula is C19H16N4O3. The minimum Gasteiger partial charge on any atom is -0.484 e. The first-order valence-corrected chi connectivity index (χ1v) is 8.55. The molecule has 7 heteroatoms. The van der Waals surface area contributed by atoms with Crippen molar-refractivity contribution in [2.24, 2.45) is 0 Å². The quantitative estimate of drug-likeness (QED) is 0.728. The number of carbonyl (C=O) groups is 2. The number of nitrogens with zero attached hydrogens (tertiary/aromatic N) is 3. The molecule has 2 aliphatic rings. The molecule has 5 rings (SSSR count). The van der Waals surface area contributed by atoms with E-state index in [9.17, 15) is 9.59 Å². The van der Waals surface area contributed by atoms with E-state index in [0.29, 0.717) is 48.3 Å². The molecule has 3 aromatic rings. The Bertz CT molecular complexity index is 1040. The SMILES string of the molecule is O=C1CC2(CCN(C(=O)c3ccc4n[nH]nc4c3)C2)Oc2ccccc21. The van der Waals surface area contributed by atoms with Gasteiger partial charge in [0.25, 0.3) is 5.91 Å². The Morgan fingerprint density at radius 1 is 1.15 bits per heavy atom. The van der Waals surface area contributed by atoms with Gasteiger partial charge in [0, 0.05) is 18.5 Å². The van der Waals surface area contributed by atoms with Gasteiger partial charge in [-0.25, -0.2) is 0 Å². The smallest absolute Gasteiger partial charge is 0.254 e. The van der Waals surface area contributed by atoms with Crippen LogP contribution in [0.3, 0.4) is 0 Å². The van der Waals surface area contributed by atoms with Crippen molar-refractivity contribution in [3.63, 3.8) is 0 Å².